The Morgan fingerprint density at radius 2 is 2.08 bits per heavy atom. The van der Waals surface area contributed by atoms with Crippen LogP contribution in [0.2, 0.25) is 0 Å². The van der Waals surface area contributed by atoms with Gasteiger partial charge in [-0.15, -0.1) is 0 Å². The normalized spacial score (nSPS) is 33.0. The van der Waals surface area contributed by atoms with Gasteiger partial charge in [0.1, 0.15) is 5.69 Å². The number of likely N-dealkylation sites (tertiary alicyclic amines) is 1. The number of ether oxygens (including phenoxy) is 1. The fourth-order valence-corrected chi connectivity index (χ4v) is 4.37. The number of carbonyl (C=O) groups is 1. The van der Waals surface area contributed by atoms with Crippen LogP contribution >= 0.6 is 0 Å². The Bertz CT molecular complexity index is 570. The van der Waals surface area contributed by atoms with Crippen LogP contribution in [0.1, 0.15) is 36.2 Å². The summed E-state index contributed by atoms with van der Waals surface area (Å²) in [5.74, 6) is 2.04. The Kier molecular flexibility index (Phi) is 4.35. The fraction of sp³-hybridized carbons (Fsp3) is 0.778. The average molecular weight is 332 g/mol. The number of H-pyrrole nitrogens is 1. The number of likely N-dealkylation sites (N-methyl/N-ethyl adjacent to an activating group) is 1. The van der Waals surface area contributed by atoms with Crippen LogP contribution in [-0.4, -0.2) is 71.6 Å². The lowest BCUT2D eigenvalue weighted by Crippen LogP contribution is -2.48. The van der Waals surface area contributed by atoms with Crippen molar-refractivity contribution in [2.24, 2.45) is 17.8 Å². The second-order valence-electron chi connectivity index (χ2n) is 8.01. The number of carbonyl (C=O) groups excluding carboxylic acids is 1. The number of hydrogen-bond donors (Lipinski definition) is 1. The van der Waals surface area contributed by atoms with E-state index in [1.165, 1.54) is 12.8 Å². The molecule has 0 radical (unpaired) electrons. The van der Waals surface area contributed by atoms with Gasteiger partial charge in [0.15, 0.2) is 0 Å². The van der Waals surface area contributed by atoms with E-state index in [1.54, 1.807) is 12.5 Å². The molecule has 24 heavy (non-hydrogen) atoms. The number of amides is 1. The molecule has 0 bridgehead atoms. The van der Waals surface area contributed by atoms with Crippen LogP contribution < -0.4 is 0 Å². The molecule has 1 N–H and O–H groups in total. The SMILES string of the molecule is CN(C)[C@@H]1C[C@@H]2CN(C(=O)c3cnc[nH]3)C[C@@H]2C[C@H]1OCC1CC1. The number of nitrogens with zero attached hydrogens (tertiary/aromatic N) is 3. The van der Waals surface area contributed by atoms with E-state index >= 15 is 0 Å². The van der Waals surface area contributed by atoms with E-state index in [-0.39, 0.29) is 5.91 Å². The van der Waals surface area contributed by atoms with Crippen molar-refractivity contribution in [1.29, 1.82) is 0 Å². The largest absolute Gasteiger partial charge is 0.376 e. The zero-order valence-corrected chi connectivity index (χ0v) is 14.6. The van der Waals surface area contributed by atoms with E-state index in [9.17, 15) is 4.79 Å². The Hall–Kier alpha value is -1.40. The van der Waals surface area contributed by atoms with Gasteiger partial charge in [-0.3, -0.25) is 4.79 Å². The number of hydrogen-bond acceptors (Lipinski definition) is 4. The van der Waals surface area contributed by atoms with Gasteiger partial charge in [0.05, 0.1) is 18.6 Å². The van der Waals surface area contributed by atoms with Crippen molar-refractivity contribution < 1.29 is 9.53 Å². The van der Waals surface area contributed by atoms with Crippen molar-refractivity contribution >= 4 is 5.91 Å². The number of rotatable bonds is 5. The van der Waals surface area contributed by atoms with Gasteiger partial charge in [0, 0.05) is 25.7 Å². The number of fused-ring (bicyclic) bond motifs is 1. The van der Waals surface area contributed by atoms with Crippen LogP contribution in [0.3, 0.4) is 0 Å². The number of imidazole rings is 1. The predicted molar refractivity (Wildman–Crippen MR) is 90.6 cm³/mol. The maximum Gasteiger partial charge on any atom is 0.271 e. The van der Waals surface area contributed by atoms with Crippen molar-refractivity contribution in [3.63, 3.8) is 0 Å². The molecule has 2 saturated carbocycles. The minimum absolute atomic E-state index is 0.0822. The molecule has 0 spiro atoms. The van der Waals surface area contributed by atoms with Crippen molar-refractivity contribution in [3.05, 3.63) is 18.2 Å². The van der Waals surface area contributed by atoms with Crippen molar-refractivity contribution in [2.45, 2.75) is 37.8 Å². The number of nitrogens with one attached hydrogen (secondary N) is 1. The molecule has 2 aliphatic carbocycles. The summed E-state index contributed by atoms with van der Waals surface area (Å²) in [5, 5.41) is 0. The van der Waals surface area contributed by atoms with Crippen LogP contribution in [-0.2, 0) is 4.74 Å². The fourth-order valence-electron chi connectivity index (χ4n) is 4.37. The van der Waals surface area contributed by atoms with Crippen molar-refractivity contribution in [2.75, 3.05) is 33.8 Å². The van der Waals surface area contributed by atoms with Crippen LogP contribution in [0.25, 0.3) is 0 Å². The summed E-state index contributed by atoms with van der Waals surface area (Å²) in [6.07, 6.45) is 8.36. The minimum atomic E-state index is 0.0822. The van der Waals surface area contributed by atoms with Gasteiger partial charge in [-0.05, 0) is 57.5 Å². The molecule has 0 aromatic carbocycles. The molecule has 2 heterocycles. The van der Waals surface area contributed by atoms with E-state index < -0.39 is 0 Å². The molecule has 1 aliphatic heterocycles. The molecule has 4 atom stereocenters. The van der Waals surface area contributed by atoms with Crippen molar-refractivity contribution in [1.82, 2.24) is 19.8 Å². The molecule has 1 amide bonds. The molecule has 0 unspecified atom stereocenters. The number of aromatic amines is 1. The summed E-state index contributed by atoms with van der Waals surface area (Å²) in [6.45, 7) is 2.64. The standard InChI is InChI=1S/C18H28N4O2/c1-21(2)16-5-13-8-22(18(23)15-7-19-11-20-15)9-14(13)6-17(16)24-10-12-3-4-12/h7,11-14,16-17H,3-6,8-10H2,1-2H3,(H,19,20)/t13-,14+,16-,17-/m1/s1. The summed E-state index contributed by atoms with van der Waals surface area (Å²) in [5.41, 5.74) is 0.597. The van der Waals surface area contributed by atoms with Crippen LogP contribution in [0.15, 0.2) is 12.5 Å². The lowest BCUT2D eigenvalue weighted by Gasteiger charge is -2.41. The van der Waals surface area contributed by atoms with E-state index in [0.29, 0.717) is 29.7 Å². The van der Waals surface area contributed by atoms with Gasteiger partial charge in [-0.2, -0.15) is 0 Å². The first kappa shape index (κ1) is 16.1. The van der Waals surface area contributed by atoms with E-state index in [2.05, 4.69) is 29.0 Å². The first-order valence-corrected chi connectivity index (χ1v) is 9.17. The zero-order valence-electron chi connectivity index (χ0n) is 14.6. The Morgan fingerprint density at radius 3 is 2.71 bits per heavy atom. The molecule has 1 aromatic heterocycles. The highest BCUT2D eigenvalue weighted by molar-refractivity contribution is 5.92. The topological polar surface area (TPSA) is 61.5 Å². The van der Waals surface area contributed by atoms with Gasteiger partial charge < -0.3 is 19.5 Å². The van der Waals surface area contributed by atoms with Crippen LogP contribution in [0.4, 0.5) is 0 Å². The lowest BCUT2D eigenvalue weighted by molar-refractivity contribution is -0.0493. The smallest absolute Gasteiger partial charge is 0.271 e. The first-order valence-electron chi connectivity index (χ1n) is 9.17. The maximum atomic E-state index is 12.6. The lowest BCUT2D eigenvalue weighted by atomic mass is 9.77. The van der Waals surface area contributed by atoms with E-state index in [0.717, 1.165) is 38.5 Å². The average Bonchev–Trinajstić information content (AvgIpc) is 3.08. The molecule has 3 aliphatic rings. The molecular weight excluding hydrogens is 304 g/mol. The summed E-state index contributed by atoms with van der Waals surface area (Å²) < 4.78 is 6.30. The molecule has 6 nitrogen and oxygen atoms in total. The van der Waals surface area contributed by atoms with Gasteiger partial charge >= 0.3 is 0 Å². The van der Waals surface area contributed by atoms with Crippen LogP contribution in [0, 0.1) is 17.8 Å². The second-order valence-corrected chi connectivity index (χ2v) is 8.01. The Morgan fingerprint density at radius 1 is 1.33 bits per heavy atom. The first-order chi connectivity index (χ1) is 11.6. The number of aromatic nitrogens is 2. The highest BCUT2D eigenvalue weighted by Crippen LogP contribution is 2.40. The third kappa shape index (κ3) is 3.22. The molecule has 4 rings (SSSR count). The zero-order chi connectivity index (χ0) is 16.7. The highest BCUT2D eigenvalue weighted by Gasteiger charge is 2.45. The van der Waals surface area contributed by atoms with Crippen LogP contribution in [0.5, 0.6) is 0 Å². The van der Waals surface area contributed by atoms with Crippen molar-refractivity contribution in [3.8, 4) is 0 Å². The summed E-state index contributed by atoms with van der Waals surface area (Å²) >= 11 is 0. The molecule has 1 saturated heterocycles. The molecule has 6 heteroatoms. The van der Waals surface area contributed by atoms with E-state index in [4.69, 9.17) is 4.74 Å². The summed E-state index contributed by atoms with van der Waals surface area (Å²) in [7, 11) is 4.31. The highest BCUT2D eigenvalue weighted by atomic mass is 16.5. The monoisotopic (exact) mass is 332 g/mol. The third-order valence-electron chi connectivity index (χ3n) is 6.01. The molecule has 1 aromatic rings. The van der Waals surface area contributed by atoms with Gasteiger partial charge in [-0.25, -0.2) is 4.98 Å². The minimum Gasteiger partial charge on any atom is -0.376 e. The Balaban J connectivity index is 1.41. The quantitative estimate of drug-likeness (QED) is 0.890. The van der Waals surface area contributed by atoms with Gasteiger partial charge in [-0.1, -0.05) is 0 Å². The molecule has 132 valence electrons. The molecular formula is C18H28N4O2. The van der Waals surface area contributed by atoms with Gasteiger partial charge in [0.25, 0.3) is 5.91 Å². The predicted octanol–water partition coefficient (Wildman–Crippen LogP) is 1.62. The third-order valence-corrected chi connectivity index (χ3v) is 6.01. The second kappa shape index (κ2) is 6.48. The van der Waals surface area contributed by atoms with Gasteiger partial charge in [0.2, 0.25) is 0 Å². The Labute approximate surface area is 143 Å². The summed E-state index contributed by atoms with van der Waals surface area (Å²) in [6, 6.07) is 0.465. The summed E-state index contributed by atoms with van der Waals surface area (Å²) in [4.78, 5) is 23.8. The molecule has 3 fully saturated rings. The van der Waals surface area contributed by atoms with E-state index in [1.807, 2.05) is 4.90 Å². The maximum absolute atomic E-state index is 12.6.